The molecule has 0 saturated heterocycles. The van der Waals surface area contributed by atoms with Crippen LogP contribution in [0.15, 0.2) is 54.7 Å². The van der Waals surface area contributed by atoms with Gasteiger partial charge < -0.3 is 5.73 Å². The first kappa shape index (κ1) is 15.1. The summed E-state index contributed by atoms with van der Waals surface area (Å²) in [7, 11) is 0. The normalized spacial score (nSPS) is 10.1. The van der Waals surface area contributed by atoms with E-state index >= 15 is 0 Å². The predicted octanol–water partition coefficient (Wildman–Crippen LogP) is 3.17. The Morgan fingerprint density at radius 1 is 1.12 bits per heavy atom. The van der Waals surface area contributed by atoms with Gasteiger partial charge in [-0.3, -0.25) is 15.1 Å². The lowest BCUT2D eigenvalue weighted by Gasteiger charge is -2.09. The summed E-state index contributed by atoms with van der Waals surface area (Å²) in [6.07, 6.45) is 1.62. The summed E-state index contributed by atoms with van der Waals surface area (Å²) in [5.74, 6) is 0.0576. The topological polar surface area (TPSA) is 119 Å². The molecular weight excluding hydrogens is 306 g/mol. The third-order valence-corrected chi connectivity index (χ3v) is 3.45. The number of nitriles is 1. The van der Waals surface area contributed by atoms with Gasteiger partial charge in [0.25, 0.3) is 5.69 Å². The fraction of sp³-hybridized carbons (Fsp3) is 0. The minimum Gasteiger partial charge on any atom is -0.383 e. The van der Waals surface area contributed by atoms with Crippen LogP contribution in [-0.4, -0.2) is 14.9 Å². The SMILES string of the molecule is N#Cc1c(-c2cccc([N+](=O)[O-])c2)cc(-c2ccccn2)nc1N. The molecule has 0 radical (unpaired) electrons. The number of hydrogen-bond acceptors (Lipinski definition) is 6. The molecule has 3 rings (SSSR count). The van der Waals surface area contributed by atoms with Crippen molar-refractivity contribution in [3.05, 3.63) is 70.4 Å². The van der Waals surface area contributed by atoms with Crippen LogP contribution < -0.4 is 5.73 Å². The molecule has 0 fully saturated rings. The van der Waals surface area contributed by atoms with Crippen molar-refractivity contribution in [2.75, 3.05) is 5.73 Å². The summed E-state index contributed by atoms with van der Waals surface area (Å²) in [4.78, 5) is 18.9. The Labute approximate surface area is 137 Å². The van der Waals surface area contributed by atoms with Crippen molar-refractivity contribution in [1.29, 1.82) is 5.26 Å². The molecular formula is C17H11N5O2. The van der Waals surface area contributed by atoms with Crippen molar-refractivity contribution in [1.82, 2.24) is 9.97 Å². The highest BCUT2D eigenvalue weighted by molar-refractivity contribution is 5.80. The fourth-order valence-corrected chi connectivity index (χ4v) is 2.34. The zero-order valence-electron chi connectivity index (χ0n) is 12.4. The number of benzene rings is 1. The van der Waals surface area contributed by atoms with Crippen molar-refractivity contribution in [3.63, 3.8) is 0 Å². The summed E-state index contributed by atoms with van der Waals surface area (Å²) in [6, 6.07) is 15.1. The molecule has 0 unspecified atom stereocenters. The molecule has 2 N–H and O–H groups in total. The van der Waals surface area contributed by atoms with Crippen molar-refractivity contribution in [3.8, 4) is 28.6 Å². The van der Waals surface area contributed by atoms with Crippen molar-refractivity contribution in [2.45, 2.75) is 0 Å². The van der Waals surface area contributed by atoms with Crippen LogP contribution in [0.1, 0.15) is 5.56 Å². The number of nitrogens with two attached hydrogens (primary N) is 1. The number of hydrogen-bond donors (Lipinski definition) is 1. The maximum atomic E-state index is 11.0. The van der Waals surface area contributed by atoms with Gasteiger partial charge in [0.15, 0.2) is 0 Å². The molecule has 0 spiro atoms. The van der Waals surface area contributed by atoms with E-state index in [0.717, 1.165) is 0 Å². The summed E-state index contributed by atoms with van der Waals surface area (Å²) in [5.41, 5.74) is 8.12. The van der Waals surface area contributed by atoms with E-state index in [4.69, 9.17) is 5.73 Å². The van der Waals surface area contributed by atoms with Gasteiger partial charge in [0.2, 0.25) is 0 Å². The van der Waals surface area contributed by atoms with Gasteiger partial charge in [0.05, 0.1) is 16.3 Å². The smallest absolute Gasteiger partial charge is 0.270 e. The number of nitro benzene ring substituents is 1. The minimum absolute atomic E-state index is 0.0576. The molecule has 116 valence electrons. The molecule has 0 bridgehead atoms. The predicted molar refractivity (Wildman–Crippen MR) is 88.7 cm³/mol. The van der Waals surface area contributed by atoms with E-state index in [-0.39, 0.29) is 17.1 Å². The first-order valence-corrected chi connectivity index (χ1v) is 6.97. The van der Waals surface area contributed by atoms with Crippen LogP contribution in [0.4, 0.5) is 11.5 Å². The van der Waals surface area contributed by atoms with Gasteiger partial charge in [-0.05, 0) is 23.8 Å². The molecule has 0 aliphatic carbocycles. The van der Waals surface area contributed by atoms with Crippen LogP contribution in [0.2, 0.25) is 0 Å². The Morgan fingerprint density at radius 3 is 2.62 bits per heavy atom. The summed E-state index contributed by atoms with van der Waals surface area (Å²) < 4.78 is 0. The molecule has 2 heterocycles. The highest BCUT2D eigenvalue weighted by Crippen LogP contribution is 2.32. The fourth-order valence-electron chi connectivity index (χ4n) is 2.34. The lowest BCUT2D eigenvalue weighted by Crippen LogP contribution is -2.00. The highest BCUT2D eigenvalue weighted by atomic mass is 16.6. The lowest BCUT2D eigenvalue weighted by molar-refractivity contribution is -0.384. The van der Waals surface area contributed by atoms with E-state index in [9.17, 15) is 15.4 Å². The maximum Gasteiger partial charge on any atom is 0.270 e. The summed E-state index contributed by atoms with van der Waals surface area (Å²) in [5, 5.41) is 20.4. The number of rotatable bonds is 3. The third kappa shape index (κ3) is 2.76. The largest absolute Gasteiger partial charge is 0.383 e. The Hall–Kier alpha value is -3.79. The third-order valence-electron chi connectivity index (χ3n) is 3.45. The molecule has 1 aromatic carbocycles. The van der Waals surface area contributed by atoms with Crippen LogP contribution in [0.25, 0.3) is 22.5 Å². The second-order valence-corrected chi connectivity index (χ2v) is 4.95. The number of aromatic nitrogens is 2. The number of anilines is 1. The molecule has 0 aliphatic rings. The van der Waals surface area contributed by atoms with E-state index < -0.39 is 4.92 Å². The average molecular weight is 317 g/mol. The summed E-state index contributed by atoms with van der Waals surface area (Å²) >= 11 is 0. The maximum absolute atomic E-state index is 11.0. The Morgan fingerprint density at radius 2 is 1.96 bits per heavy atom. The number of nitrogens with zero attached hydrogens (tertiary/aromatic N) is 4. The number of nitrogen functional groups attached to an aromatic ring is 1. The van der Waals surface area contributed by atoms with Crippen LogP contribution in [0.3, 0.4) is 0 Å². The molecule has 7 nitrogen and oxygen atoms in total. The first-order valence-electron chi connectivity index (χ1n) is 6.97. The van der Waals surface area contributed by atoms with Crippen molar-refractivity contribution < 1.29 is 4.92 Å². The van der Waals surface area contributed by atoms with Crippen LogP contribution in [-0.2, 0) is 0 Å². The lowest BCUT2D eigenvalue weighted by atomic mass is 9.99. The molecule has 0 aliphatic heterocycles. The van der Waals surface area contributed by atoms with Gasteiger partial charge in [-0.15, -0.1) is 0 Å². The van der Waals surface area contributed by atoms with Crippen LogP contribution >= 0.6 is 0 Å². The number of nitro groups is 1. The van der Waals surface area contributed by atoms with Crippen LogP contribution in [0.5, 0.6) is 0 Å². The molecule has 0 atom stereocenters. The minimum atomic E-state index is -0.486. The van der Waals surface area contributed by atoms with E-state index in [2.05, 4.69) is 9.97 Å². The number of pyridine rings is 2. The standard InChI is InChI=1S/C17H11N5O2/c18-10-14-13(11-4-3-5-12(8-11)22(23)24)9-16(21-17(14)19)15-6-1-2-7-20-15/h1-9H,(H2,19,21). The highest BCUT2D eigenvalue weighted by Gasteiger charge is 2.16. The Kier molecular flexibility index (Phi) is 3.87. The van der Waals surface area contributed by atoms with Gasteiger partial charge in [-0.1, -0.05) is 18.2 Å². The average Bonchev–Trinajstić information content (AvgIpc) is 2.62. The molecule has 2 aromatic heterocycles. The van der Waals surface area contributed by atoms with Gasteiger partial charge in [-0.2, -0.15) is 5.26 Å². The van der Waals surface area contributed by atoms with E-state index in [0.29, 0.717) is 22.5 Å². The van der Waals surface area contributed by atoms with Crippen LogP contribution in [0, 0.1) is 21.4 Å². The van der Waals surface area contributed by atoms with Crippen molar-refractivity contribution >= 4 is 11.5 Å². The van der Waals surface area contributed by atoms with Gasteiger partial charge >= 0.3 is 0 Å². The Balaban J connectivity index is 2.23. The number of non-ortho nitro benzene ring substituents is 1. The molecule has 7 heteroatoms. The quantitative estimate of drug-likeness (QED) is 0.585. The summed E-state index contributed by atoms with van der Waals surface area (Å²) in [6.45, 7) is 0. The zero-order chi connectivity index (χ0) is 17.1. The second-order valence-electron chi connectivity index (χ2n) is 4.95. The first-order chi connectivity index (χ1) is 11.6. The molecule has 24 heavy (non-hydrogen) atoms. The Bertz CT molecular complexity index is 964. The van der Waals surface area contributed by atoms with Gasteiger partial charge in [0.1, 0.15) is 17.5 Å². The van der Waals surface area contributed by atoms with E-state index in [1.54, 1.807) is 36.5 Å². The van der Waals surface area contributed by atoms with Crippen molar-refractivity contribution in [2.24, 2.45) is 0 Å². The monoisotopic (exact) mass is 317 g/mol. The molecule has 3 aromatic rings. The van der Waals surface area contributed by atoms with Gasteiger partial charge in [-0.25, -0.2) is 4.98 Å². The molecule has 0 saturated carbocycles. The van der Waals surface area contributed by atoms with E-state index in [1.165, 1.54) is 12.1 Å². The van der Waals surface area contributed by atoms with E-state index in [1.807, 2.05) is 12.1 Å². The van der Waals surface area contributed by atoms with Gasteiger partial charge in [0, 0.05) is 23.9 Å². The molecule has 0 amide bonds. The second kappa shape index (κ2) is 6.14. The zero-order valence-corrected chi connectivity index (χ0v) is 12.4.